The Labute approximate surface area is 215 Å². The summed E-state index contributed by atoms with van der Waals surface area (Å²) >= 11 is 6.66. The molecule has 0 amide bonds. The maximum Gasteiger partial charge on any atom is 0.216 e. The van der Waals surface area contributed by atoms with Crippen LogP contribution in [0, 0.1) is 18.3 Å². The fraction of sp³-hybridized carbons (Fsp3) is 0.520. The highest BCUT2D eigenvalue weighted by Crippen LogP contribution is 2.43. The van der Waals surface area contributed by atoms with Crippen LogP contribution in [0.15, 0.2) is 12.4 Å². The van der Waals surface area contributed by atoms with Gasteiger partial charge in [-0.25, -0.2) is 14.6 Å². The summed E-state index contributed by atoms with van der Waals surface area (Å²) < 4.78 is 19.9. The number of nitrogen functional groups attached to an aromatic ring is 1. The van der Waals surface area contributed by atoms with Crippen molar-refractivity contribution in [1.29, 1.82) is 5.26 Å². The molecule has 0 saturated carbocycles. The van der Waals surface area contributed by atoms with Crippen LogP contribution in [0.1, 0.15) is 74.6 Å². The topological polar surface area (TPSA) is 133 Å². The number of halogens is 1. The summed E-state index contributed by atoms with van der Waals surface area (Å²) in [6.45, 7) is 9.32. The van der Waals surface area contributed by atoms with Gasteiger partial charge in [-0.1, -0.05) is 31.4 Å². The fourth-order valence-electron chi connectivity index (χ4n) is 4.54. The summed E-state index contributed by atoms with van der Waals surface area (Å²) in [5.74, 6) is 0.919. The molecule has 10 nitrogen and oxygen atoms in total. The first kappa shape index (κ1) is 26.1. The molecule has 1 saturated heterocycles. The van der Waals surface area contributed by atoms with Gasteiger partial charge in [-0.2, -0.15) is 10.4 Å². The van der Waals surface area contributed by atoms with Crippen molar-refractivity contribution in [3.63, 3.8) is 0 Å². The van der Waals surface area contributed by atoms with Gasteiger partial charge in [-0.05, 0) is 33.3 Å². The lowest BCUT2D eigenvalue weighted by Gasteiger charge is -2.24. The minimum absolute atomic E-state index is 0.316. The molecule has 1 fully saturated rings. The van der Waals surface area contributed by atoms with E-state index >= 15 is 0 Å². The molecule has 11 heteroatoms. The lowest BCUT2D eigenvalue weighted by Crippen LogP contribution is -2.26. The second kappa shape index (κ2) is 11.4. The average Bonchev–Trinajstić information content (AvgIpc) is 3.47. The third-order valence-electron chi connectivity index (χ3n) is 6.30. The number of hydrogen-bond donors (Lipinski definition) is 2. The van der Waals surface area contributed by atoms with Crippen LogP contribution in [0.4, 0.5) is 5.82 Å². The van der Waals surface area contributed by atoms with Crippen LogP contribution in [0.2, 0.25) is 5.02 Å². The van der Waals surface area contributed by atoms with E-state index in [1.807, 2.05) is 20.8 Å². The summed E-state index contributed by atoms with van der Waals surface area (Å²) in [6.07, 6.45) is 3.54. The summed E-state index contributed by atoms with van der Waals surface area (Å²) in [7, 11) is 0. The summed E-state index contributed by atoms with van der Waals surface area (Å²) in [6, 6.07) is 3.66. The molecule has 3 unspecified atom stereocenters. The standard InChI is InChI=1S/C25H32ClN7O3/c1-5-7-8-9-35-25-29-12-19(36-25)21-17(11-27)18(26)10-16(22(21)34-6-2)15(4)33-24-20(14(3)32-33)23(28)30-13-31-24/h10,13,15,19,25,29H,5-9,12H2,1-4H3,(H2,28,30,31). The van der Waals surface area contributed by atoms with E-state index in [0.717, 1.165) is 30.5 Å². The van der Waals surface area contributed by atoms with E-state index < -0.39 is 12.5 Å². The van der Waals surface area contributed by atoms with E-state index in [1.54, 1.807) is 10.7 Å². The van der Waals surface area contributed by atoms with Crippen molar-refractivity contribution < 1.29 is 14.2 Å². The Hall–Kier alpha value is -2.97. The Kier molecular flexibility index (Phi) is 8.26. The number of hydrogen-bond acceptors (Lipinski definition) is 9. The number of aromatic nitrogens is 4. The first-order chi connectivity index (χ1) is 17.4. The lowest BCUT2D eigenvalue weighted by molar-refractivity contribution is -0.145. The van der Waals surface area contributed by atoms with Crippen molar-refractivity contribution in [2.45, 2.75) is 65.5 Å². The average molecular weight is 514 g/mol. The zero-order chi connectivity index (χ0) is 25.8. The highest BCUT2D eigenvalue weighted by molar-refractivity contribution is 6.32. The number of benzene rings is 1. The molecule has 0 radical (unpaired) electrons. The zero-order valence-corrected chi connectivity index (χ0v) is 21.8. The molecule has 3 N–H and O–H groups in total. The van der Waals surface area contributed by atoms with Crippen molar-refractivity contribution in [1.82, 2.24) is 25.1 Å². The van der Waals surface area contributed by atoms with Crippen molar-refractivity contribution in [3.8, 4) is 11.8 Å². The predicted molar refractivity (Wildman–Crippen MR) is 137 cm³/mol. The molecule has 2 aromatic heterocycles. The van der Waals surface area contributed by atoms with Crippen LogP contribution in [0.5, 0.6) is 5.75 Å². The Morgan fingerprint density at radius 1 is 1.36 bits per heavy atom. The number of nitrogens with one attached hydrogen (secondary N) is 1. The van der Waals surface area contributed by atoms with Crippen molar-refractivity contribution in [3.05, 3.63) is 39.8 Å². The number of nitriles is 1. The lowest BCUT2D eigenvalue weighted by atomic mass is 9.95. The van der Waals surface area contributed by atoms with Crippen LogP contribution in [-0.2, 0) is 9.47 Å². The molecule has 0 spiro atoms. The SMILES string of the molecule is CCCCCOC1NCC(c2c(C#N)c(Cl)cc(C(C)n3nc(C)c4c(N)ncnc43)c2OCC)O1. The van der Waals surface area contributed by atoms with E-state index in [-0.39, 0.29) is 6.04 Å². The third kappa shape index (κ3) is 4.97. The molecular formula is C25H32ClN7O3. The van der Waals surface area contributed by atoms with Gasteiger partial charge in [0, 0.05) is 17.7 Å². The highest BCUT2D eigenvalue weighted by Gasteiger charge is 2.34. The first-order valence-corrected chi connectivity index (χ1v) is 12.6. The Balaban J connectivity index is 1.75. The van der Waals surface area contributed by atoms with Crippen molar-refractivity contribution in [2.24, 2.45) is 0 Å². The quantitative estimate of drug-likeness (QED) is 0.378. The zero-order valence-electron chi connectivity index (χ0n) is 21.0. The molecule has 1 aliphatic rings. The number of aryl methyl sites for hydroxylation is 1. The summed E-state index contributed by atoms with van der Waals surface area (Å²) in [5.41, 5.74) is 9.11. The van der Waals surface area contributed by atoms with Gasteiger partial charge in [-0.15, -0.1) is 0 Å². The number of rotatable bonds is 10. The fourth-order valence-corrected chi connectivity index (χ4v) is 4.80. The highest BCUT2D eigenvalue weighted by atomic mass is 35.5. The van der Waals surface area contributed by atoms with Gasteiger partial charge < -0.3 is 19.9 Å². The number of ether oxygens (including phenoxy) is 3. The van der Waals surface area contributed by atoms with E-state index in [2.05, 4.69) is 28.3 Å². The van der Waals surface area contributed by atoms with Gasteiger partial charge >= 0.3 is 0 Å². The molecule has 3 aromatic rings. The Morgan fingerprint density at radius 3 is 2.89 bits per heavy atom. The van der Waals surface area contributed by atoms with E-state index in [4.69, 9.17) is 36.6 Å². The molecule has 1 aromatic carbocycles. The predicted octanol–water partition coefficient (Wildman–Crippen LogP) is 4.40. The van der Waals surface area contributed by atoms with E-state index in [0.29, 0.717) is 58.5 Å². The normalized spacial score (nSPS) is 18.4. The molecule has 4 rings (SSSR count). The Bertz CT molecular complexity index is 1270. The first-order valence-electron chi connectivity index (χ1n) is 12.3. The largest absolute Gasteiger partial charge is 0.493 e. The van der Waals surface area contributed by atoms with Crippen LogP contribution in [-0.4, -0.2) is 45.9 Å². The smallest absolute Gasteiger partial charge is 0.216 e. The van der Waals surface area contributed by atoms with Crippen molar-refractivity contribution in [2.75, 3.05) is 25.5 Å². The molecule has 1 aliphatic heterocycles. The number of nitrogens with zero attached hydrogens (tertiary/aromatic N) is 5. The van der Waals surface area contributed by atoms with Gasteiger partial charge in [0.1, 0.15) is 30.1 Å². The van der Waals surface area contributed by atoms with Crippen LogP contribution in [0.25, 0.3) is 11.0 Å². The molecule has 0 bridgehead atoms. The molecule has 3 atom stereocenters. The molecule has 36 heavy (non-hydrogen) atoms. The molecular weight excluding hydrogens is 482 g/mol. The van der Waals surface area contributed by atoms with Crippen molar-refractivity contribution >= 4 is 28.5 Å². The number of anilines is 1. The molecule has 0 aliphatic carbocycles. The van der Waals surface area contributed by atoms with E-state index in [1.165, 1.54) is 6.33 Å². The van der Waals surface area contributed by atoms with Crippen LogP contribution < -0.4 is 15.8 Å². The molecule has 3 heterocycles. The second-order valence-corrected chi connectivity index (χ2v) is 9.12. The number of nitrogens with two attached hydrogens (primary N) is 1. The van der Waals surface area contributed by atoms with Crippen LogP contribution >= 0.6 is 11.6 Å². The minimum Gasteiger partial charge on any atom is -0.493 e. The van der Waals surface area contributed by atoms with Gasteiger partial charge in [0.2, 0.25) is 6.41 Å². The monoisotopic (exact) mass is 513 g/mol. The van der Waals surface area contributed by atoms with Gasteiger partial charge in [0.15, 0.2) is 5.65 Å². The maximum atomic E-state index is 9.99. The van der Waals surface area contributed by atoms with Gasteiger partial charge in [0.25, 0.3) is 0 Å². The summed E-state index contributed by atoms with van der Waals surface area (Å²) in [4.78, 5) is 8.52. The third-order valence-corrected chi connectivity index (χ3v) is 6.60. The minimum atomic E-state index is -0.565. The summed E-state index contributed by atoms with van der Waals surface area (Å²) in [5, 5.41) is 18.9. The number of fused-ring (bicyclic) bond motifs is 1. The van der Waals surface area contributed by atoms with Gasteiger partial charge in [-0.3, -0.25) is 5.32 Å². The second-order valence-electron chi connectivity index (χ2n) is 8.72. The maximum absolute atomic E-state index is 9.99. The number of unbranched alkanes of at least 4 members (excludes halogenated alkanes) is 2. The molecule has 192 valence electrons. The Morgan fingerprint density at radius 2 is 2.17 bits per heavy atom. The van der Waals surface area contributed by atoms with Gasteiger partial charge in [0.05, 0.1) is 40.9 Å². The van der Waals surface area contributed by atoms with E-state index in [9.17, 15) is 5.26 Å². The van der Waals surface area contributed by atoms with Crippen LogP contribution in [0.3, 0.4) is 0 Å².